The third kappa shape index (κ3) is 4.00. The van der Waals surface area contributed by atoms with Gasteiger partial charge in [-0.1, -0.05) is 12.1 Å². The van der Waals surface area contributed by atoms with Gasteiger partial charge in [-0.15, -0.1) is 13.2 Å². The van der Waals surface area contributed by atoms with E-state index in [1.165, 1.54) is 30.5 Å². The molecule has 4 aromatic rings. The molecule has 0 aliphatic carbocycles. The van der Waals surface area contributed by atoms with Gasteiger partial charge < -0.3 is 10.1 Å². The van der Waals surface area contributed by atoms with Crippen molar-refractivity contribution in [3.63, 3.8) is 0 Å². The fraction of sp³-hybridized carbons (Fsp3) is 0.0952. The number of benzene rings is 2. The fourth-order valence-electron chi connectivity index (χ4n) is 3.05. The third-order valence-corrected chi connectivity index (χ3v) is 4.31. The van der Waals surface area contributed by atoms with Gasteiger partial charge in [0.05, 0.1) is 0 Å². The van der Waals surface area contributed by atoms with Gasteiger partial charge in [0.2, 0.25) is 0 Å². The Bertz CT molecular complexity index is 1210. The number of nitrogens with one attached hydrogen (secondary N) is 1. The number of pyridine rings is 1. The van der Waals surface area contributed by atoms with E-state index in [2.05, 4.69) is 25.0 Å². The molecule has 0 aliphatic rings. The van der Waals surface area contributed by atoms with E-state index in [4.69, 9.17) is 0 Å². The van der Waals surface area contributed by atoms with Crippen molar-refractivity contribution in [1.29, 1.82) is 0 Å². The number of hydrogen-bond donors (Lipinski definition) is 1. The molecule has 2 heterocycles. The summed E-state index contributed by atoms with van der Waals surface area (Å²) in [6.07, 6.45) is -1.87. The van der Waals surface area contributed by atoms with Crippen molar-refractivity contribution in [3.05, 3.63) is 66.7 Å². The van der Waals surface area contributed by atoms with Gasteiger partial charge in [-0.3, -0.25) is 4.98 Å². The van der Waals surface area contributed by atoms with Gasteiger partial charge in [0.15, 0.2) is 11.6 Å². The zero-order chi connectivity index (χ0) is 21.3. The molecule has 0 unspecified atom stereocenters. The van der Waals surface area contributed by atoms with Gasteiger partial charge >= 0.3 is 6.36 Å². The Morgan fingerprint density at radius 3 is 2.40 bits per heavy atom. The molecule has 30 heavy (non-hydrogen) atoms. The van der Waals surface area contributed by atoms with Crippen LogP contribution in [0.1, 0.15) is 0 Å². The molecule has 0 spiro atoms. The summed E-state index contributed by atoms with van der Waals surface area (Å²) in [5.74, 6) is -0.541. The second-order valence-corrected chi connectivity index (χ2v) is 6.32. The summed E-state index contributed by atoms with van der Waals surface area (Å²) in [7, 11) is 1.59. The van der Waals surface area contributed by atoms with Crippen molar-refractivity contribution in [3.8, 4) is 28.3 Å². The van der Waals surface area contributed by atoms with Crippen molar-refractivity contribution >= 4 is 16.7 Å². The lowest BCUT2D eigenvalue weighted by Crippen LogP contribution is -2.17. The molecule has 152 valence electrons. The number of ether oxygens (including phenoxy) is 1. The Hall–Kier alpha value is -3.75. The number of rotatable bonds is 4. The smallest absolute Gasteiger partial charge is 0.403 e. The molecule has 2 aromatic carbocycles. The summed E-state index contributed by atoms with van der Waals surface area (Å²) >= 11 is 0. The summed E-state index contributed by atoms with van der Waals surface area (Å²) in [6.45, 7) is 0. The maximum absolute atomic E-state index is 13.7. The molecule has 0 bridgehead atoms. The molecular weight excluding hydrogens is 400 g/mol. The minimum atomic E-state index is -4.94. The van der Waals surface area contributed by atoms with Crippen LogP contribution in [-0.4, -0.2) is 28.4 Å². The number of halogens is 4. The summed E-state index contributed by atoms with van der Waals surface area (Å²) < 4.78 is 57.3. The average Bonchev–Trinajstić information content (AvgIpc) is 2.72. The summed E-state index contributed by atoms with van der Waals surface area (Å²) in [5, 5.41) is 3.18. The van der Waals surface area contributed by atoms with Crippen molar-refractivity contribution in [1.82, 2.24) is 15.0 Å². The maximum Gasteiger partial charge on any atom is 0.573 e. The molecule has 0 saturated carbocycles. The number of fused-ring (bicyclic) bond motifs is 1. The van der Waals surface area contributed by atoms with Gasteiger partial charge in [-0.25, -0.2) is 14.4 Å². The van der Waals surface area contributed by atoms with Gasteiger partial charge in [-0.2, -0.15) is 0 Å². The molecule has 0 aliphatic heterocycles. The van der Waals surface area contributed by atoms with E-state index in [9.17, 15) is 17.6 Å². The number of anilines is 1. The van der Waals surface area contributed by atoms with Gasteiger partial charge in [0.25, 0.3) is 0 Å². The van der Waals surface area contributed by atoms with Gasteiger partial charge in [0.1, 0.15) is 17.2 Å². The van der Waals surface area contributed by atoms with Crippen LogP contribution in [0, 0.1) is 5.82 Å². The van der Waals surface area contributed by atoms with Gasteiger partial charge in [-0.05, 0) is 47.5 Å². The van der Waals surface area contributed by atoms with Crippen molar-refractivity contribution in [2.75, 3.05) is 12.4 Å². The number of aromatic nitrogens is 3. The van der Waals surface area contributed by atoms with Crippen LogP contribution in [-0.2, 0) is 0 Å². The van der Waals surface area contributed by atoms with Gasteiger partial charge in [0, 0.05) is 30.4 Å². The zero-order valence-electron chi connectivity index (χ0n) is 15.5. The first-order valence-electron chi connectivity index (χ1n) is 8.80. The molecule has 0 amide bonds. The number of nitrogens with zero attached hydrogens (tertiary/aromatic N) is 3. The topological polar surface area (TPSA) is 59.9 Å². The van der Waals surface area contributed by atoms with E-state index in [1.54, 1.807) is 37.5 Å². The van der Waals surface area contributed by atoms with Crippen LogP contribution in [0.2, 0.25) is 0 Å². The van der Waals surface area contributed by atoms with E-state index < -0.39 is 17.9 Å². The average molecular weight is 414 g/mol. The fourth-order valence-corrected chi connectivity index (χ4v) is 3.05. The highest BCUT2D eigenvalue weighted by Crippen LogP contribution is 2.38. The first-order chi connectivity index (χ1) is 14.3. The molecule has 2 aromatic heterocycles. The molecule has 0 atom stereocenters. The normalized spacial score (nSPS) is 11.5. The highest BCUT2D eigenvalue weighted by atomic mass is 19.4. The Morgan fingerprint density at radius 2 is 1.73 bits per heavy atom. The highest BCUT2D eigenvalue weighted by Gasteiger charge is 2.33. The van der Waals surface area contributed by atoms with Crippen molar-refractivity contribution < 1.29 is 22.3 Å². The molecule has 5 nitrogen and oxygen atoms in total. The lowest BCUT2D eigenvalue weighted by atomic mass is 10.0. The summed E-state index contributed by atoms with van der Waals surface area (Å²) in [6, 6.07) is 11.7. The maximum atomic E-state index is 13.7. The van der Waals surface area contributed by atoms with Crippen LogP contribution in [0.5, 0.6) is 5.75 Å². The second-order valence-electron chi connectivity index (χ2n) is 6.32. The Balaban J connectivity index is 2.00. The van der Waals surface area contributed by atoms with Crippen LogP contribution in [0.3, 0.4) is 0 Å². The van der Waals surface area contributed by atoms with E-state index in [-0.39, 0.29) is 11.3 Å². The monoisotopic (exact) mass is 414 g/mol. The van der Waals surface area contributed by atoms with Crippen LogP contribution in [0.25, 0.3) is 33.4 Å². The number of hydrogen-bond acceptors (Lipinski definition) is 5. The molecule has 0 radical (unpaired) electrons. The first-order valence-corrected chi connectivity index (χ1v) is 8.80. The second kappa shape index (κ2) is 7.58. The summed E-state index contributed by atoms with van der Waals surface area (Å²) in [4.78, 5) is 12.7. The predicted molar refractivity (Wildman–Crippen MR) is 104 cm³/mol. The summed E-state index contributed by atoms with van der Waals surface area (Å²) in [5.41, 5.74) is 1.21. The lowest BCUT2D eigenvalue weighted by Gasteiger charge is -2.16. The van der Waals surface area contributed by atoms with Crippen LogP contribution < -0.4 is 10.1 Å². The minimum Gasteiger partial charge on any atom is -0.403 e. The van der Waals surface area contributed by atoms with Crippen molar-refractivity contribution in [2.24, 2.45) is 0 Å². The van der Waals surface area contributed by atoms with E-state index in [0.717, 1.165) is 0 Å². The van der Waals surface area contributed by atoms with Crippen molar-refractivity contribution in [2.45, 2.75) is 6.36 Å². The molecular formula is C21H14F4N4O. The van der Waals surface area contributed by atoms with Crippen LogP contribution >= 0.6 is 0 Å². The lowest BCUT2D eigenvalue weighted by molar-refractivity contribution is -0.274. The quantitative estimate of drug-likeness (QED) is 0.451. The zero-order valence-corrected chi connectivity index (χ0v) is 15.5. The standard InChI is InChI=1S/C21H14F4N4O/c1-26-20-16-9-14(12-4-2-6-15(22)8-12)10-17(30-21(23,24)25)18(16)28-19(29-20)13-5-3-7-27-11-13/h2-11H,1H3,(H,26,28,29). The SMILES string of the molecule is CNc1nc(-c2cccnc2)nc2c(OC(F)(F)F)cc(-c3cccc(F)c3)cc12. The molecule has 1 N–H and O–H groups in total. The molecule has 0 saturated heterocycles. The molecule has 9 heteroatoms. The highest BCUT2D eigenvalue weighted by molar-refractivity contribution is 5.97. The predicted octanol–water partition coefficient (Wildman–Crippen LogP) is 5.44. The Morgan fingerprint density at radius 1 is 0.933 bits per heavy atom. The molecule has 4 rings (SSSR count). The van der Waals surface area contributed by atoms with Crippen LogP contribution in [0.4, 0.5) is 23.4 Å². The van der Waals surface area contributed by atoms with E-state index >= 15 is 0 Å². The largest absolute Gasteiger partial charge is 0.573 e. The number of alkyl halides is 3. The van der Waals surface area contributed by atoms with E-state index in [1.807, 2.05) is 0 Å². The van der Waals surface area contributed by atoms with Crippen LogP contribution in [0.15, 0.2) is 60.9 Å². The van der Waals surface area contributed by atoms with E-state index in [0.29, 0.717) is 27.9 Å². The third-order valence-electron chi connectivity index (χ3n) is 4.31. The minimum absolute atomic E-state index is 0.0364. The Labute approximate surface area is 168 Å². The Kier molecular flexibility index (Phi) is 4.94. The first kappa shape index (κ1) is 19.6. The molecule has 0 fully saturated rings.